The van der Waals surface area contributed by atoms with E-state index in [1.54, 1.807) is 6.07 Å². The van der Waals surface area contributed by atoms with Gasteiger partial charge in [0, 0.05) is 35.5 Å². The summed E-state index contributed by atoms with van der Waals surface area (Å²) in [4.78, 5) is 31.4. The van der Waals surface area contributed by atoms with E-state index < -0.39 is 11.9 Å². The molecule has 30 heavy (non-hydrogen) atoms. The Bertz CT molecular complexity index is 1060. The van der Waals surface area contributed by atoms with Crippen molar-refractivity contribution in [3.8, 4) is 0 Å². The minimum Gasteiger partial charge on any atom is -0.452 e. The van der Waals surface area contributed by atoms with Crippen molar-refractivity contribution in [2.24, 2.45) is 0 Å². The zero-order valence-electron chi connectivity index (χ0n) is 16.8. The number of aryl methyl sites for hydroxylation is 1. The van der Waals surface area contributed by atoms with Crippen molar-refractivity contribution in [2.45, 2.75) is 6.92 Å². The van der Waals surface area contributed by atoms with E-state index in [2.05, 4.69) is 15.2 Å². The molecule has 1 N–H and O–H groups in total. The highest BCUT2D eigenvalue weighted by molar-refractivity contribution is 6.04. The standard InChI is InChI=1S/C23H23N3O4/c1-16-14-20(19-4-2-3-5-21(19)24-16)23(28)30-15-22(27)25-17-6-8-18(9-7-17)26-10-12-29-13-11-26/h2-9,14H,10-13,15H2,1H3,(H,25,27). The van der Waals surface area contributed by atoms with Gasteiger partial charge in [-0.1, -0.05) is 18.2 Å². The summed E-state index contributed by atoms with van der Waals surface area (Å²) in [6.45, 7) is 4.60. The molecule has 7 heteroatoms. The van der Waals surface area contributed by atoms with Crippen LogP contribution in [0.3, 0.4) is 0 Å². The van der Waals surface area contributed by atoms with E-state index in [-0.39, 0.29) is 6.61 Å². The van der Waals surface area contributed by atoms with Gasteiger partial charge in [-0.2, -0.15) is 0 Å². The molecule has 0 radical (unpaired) electrons. The number of anilines is 2. The second kappa shape index (κ2) is 8.92. The largest absolute Gasteiger partial charge is 0.452 e. The van der Waals surface area contributed by atoms with E-state index in [0.29, 0.717) is 27.8 Å². The molecule has 1 fully saturated rings. The van der Waals surface area contributed by atoms with Gasteiger partial charge in [0.15, 0.2) is 6.61 Å². The average molecular weight is 405 g/mol. The van der Waals surface area contributed by atoms with Crippen molar-refractivity contribution in [1.29, 1.82) is 0 Å². The summed E-state index contributed by atoms with van der Waals surface area (Å²) in [5.41, 5.74) is 3.57. The van der Waals surface area contributed by atoms with Crippen LogP contribution in [-0.4, -0.2) is 49.8 Å². The molecule has 4 rings (SSSR count). The molecule has 0 spiro atoms. The van der Waals surface area contributed by atoms with Crippen LogP contribution in [0.4, 0.5) is 11.4 Å². The molecule has 0 saturated carbocycles. The average Bonchev–Trinajstić information content (AvgIpc) is 2.78. The summed E-state index contributed by atoms with van der Waals surface area (Å²) in [5, 5.41) is 3.46. The van der Waals surface area contributed by atoms with Crippen molar-refractivity contribution in [1.82, 2.24) is 4.98 Å². The van der Waals surface area contributed by atoms with Gasteiger partial charge in [0.25, 0.3) is 5.91 Å². The van der Waals surface area contributed by atoms with E-state index in [1.165, 1.54) is 0 Å². The van der Waals surface area contributed by atoms with Crippen molar-refractivity contribution in [3.05, 3.63) is 65.9 Å². The number of carbonyl (C=O) groups excluding carboxylic acids is 2. The first-order valence-electron chi connectivity index (χ1n) is 9.86. The number of ether oxygens (including phenoxy) is 2. The number of carbonyl (C=O) groups is 2. The minimum absolute atomic E-state index is 0.361. The summed E-state index contributed by atoms with van der Waals surface area (Å²) in [5.74, 6) is -0.938. The first-order chi connectivity index (χ1) is 14.6. The van der Waals surface area contributed by atoms with Gasteiger partial charge in [-0.15, -0.1) is 0 Å². The summed E-state index contributed by atoms with van der Waals surface area (Å²) in [6.07, 6.45) is 0. The van der Waals surface area contributed by atoms with E-state index in [4.69, 9.17) is 9.47 Å². The van der Waals surface area contributed by atoms with Gasteiger partial charge in [0.1, 0.15) is 0 Å². The molecule has 1 saturated heterocycles. The Labute approximate surface area is 174 Å². The first-order valence-corrected chi connectivity index (χ1v) is 9.86. The lowest BCUT2D eigenvalue weighted by Crippen LogP contribution is -2.36. The van der Waals surface area contributed by atoms with Gasteiger partial charge in [-0.05, 0) is 43.3 Å². The smallest absolute Gasteiger partial charge is 0.339 e. The Morgan fingerprint density at radius 3 is 2.60 bits per heavy atom. The van der Waals surface area contributed by atoms with Gasteiger partial charge < -0.3 is 19.7 Å². The number of benzene rings is 2. The number of nitrogens with one attached hydrogen (secondary N) is 1. The van der Waals surface area contributed by atoms with E-state index >= 15 is 0 Å². The molecular weight excluding hydrogens is 382 g/mol. The third-order valence-electron chi connectivity index (χ3n) is 4.93. The Morgan fingerprint density at radius 1 is 1.10 bits per heavy atom. The molecular formula is C23H23N3O4. The fourth-order valence-corrected chi connectivity index (χ4v) is 3.46. The van der Waals surface area contributed by atoms with E-state index in [1.807, 2.05) is 55.5 Å². The molecule has 1 amide bonds. The van der Waals surface area contributed by atoms with E-state index in [9.17, 15) is 9.59 Å². The highest BCUT2D eigenvalue weighted by Crippen LogP contribution is 2.20. The van der Waals surface area contributed by atoms with Crippen LogP contribution in [0.1, 0.15) is 16.1 Å². The lowest BCUT2D eigenvalue weighted by atomic mass is 10.1. The van der Waals surface area contributed by atoms with Gasteiger partial charge in [-0.25, -0.2) is 4.79 Å². The molecule has 1 aliphatic heterocycles. The molecule has 154 valence electrons. The number of fused-ring (bicyclic) bond motifs is 1. The molecule has 0 bridgehead atoms. The molecule has 0 atom stereocenters. The van der Waals surface area contributed by atoms with Crippen LogP contribution in [0, 0.1) is 6.92 Å². The number of rotatable bonds is 5. The SMILES string of the molecule is Cc1cc(C(=O)OCC(=O)Nc2ccc(N3CCOCC3)cc2)c2ccccc2n1. The Morgan fingerprint density at radius 2 is 1.83 bits per heavy atom. The van der Waals surface area contributed by atoms with Crippen LogP contribution in [0.15, 0.2) is 54.6 Å². The minimum atomic E-state index is -0.547. The number of para-hydroxylation sites is 1. The number of nitrogens with zero attached hydrogens (tertiary/aromatic N) is 2. The van der Waals surface area contributed by atoms with Gasteiger partial charge in [0.05, 0.1) is 24.3 Å². The maximum absolute atomic E-state index is 12.5. The molecule has 7 nitrogen and oxygen atoms in total. The van der Waals surface area contributed by atoms with Crippen molar-refractivity contribution in [3.63, 3.8) is 0 Å². The predicted octanol–water partition coefficient (Wildman–Crippen LogP) is 3.18. The predicted molar refractivity (Wildman–Crippen MR) is 115 cm³/mol. The lowest BCUT2D eigenvalue weighted by Gasteiger charge is -2.28. The quantitative estimate of drug-likeness (QED) is 0.657. The number of hydrogen-bond acceptors (Lipinski definition) is 6. The van der Waals surface area contributed by atoms with Crippen LogP contribution in [0.2, 0.25) is 0 Å². The third kappa shape index (κ3) is 4.58. The number of aromatic nitrogens is 1. The summed E-state index contributed by atoms with van der Waals surface area (Å²) >= 11 is 0. The first kappa shape index (κ1) is 19.8. The summed E-state index contributed by atoms with van der Waals surface area (Å²) in [7, 11) is 0. The molecule has 2 aromatic carbocycles. The number of hydrogen-bond donors (Lipinski definition) is 1. The molecule has 0 aliphatic carbocycles. The molecule has 0 unspecified atom stereocenters. The van der Waals surface area contributed by atoms with Crippen LogP contribution < -0.4 is 10.2 Å². The molecule has 3 aromatic rings. The fraction of sp³-hybridized carbons (Fsp3) is 0.261. The Kier molecular flexibility index (Phi) is 5.90. The van der Waals surface area contributed by atoms with Crippen LogP contribution in [0.25, 0.3) is 10.9 Å². The van der Waals surface area contributed by atoms with Crippen LogP contribution >= 0.6 is 0 Å². The lowest BCUT2D eigenvalue weighted by molar-refractivity contribution is -0.119. The van der Waals surface area contributed by atoms with Gasteiger partial charge in [0.2, 0.25) is 0 Å². The van der Waals surface area contributed by atoms with Crippen molar-refractivity contribution in [2.75, 3.05) is 43.1 Å². The van der Waals surface area contributed by atoms with Crippen molar-refractivity contribution < 1.29 is 19.1 Å². The number of esters is 1. The van der Waals surface area contributed by atoms with E-state index in [0.717, 1.165) is 32.0 Å². The highest BCUT2D eigenvalue weighted by atomic mass is 16.5. The zero-order chi connectivity index (χ0) is 20.9. The van der Waals surface area contributed by atoms with Gasteiger partial charge in [-0.3, -0.25) is 9.78 Å². The number of amides is 1. The van der Waals surface area contributed by atoms with Gasteiger partial charge >= 0.3 is 5.97 Å². The second-order valence-electron chi connectivity index (χ2n) is 7.10. The number of morpholine rings is 1. The maximum Gasteiger partial charge on any atom is 0.339 e. The maximum atomic E-state index is 12.5. The van der Waals surface area contributed by atoms with Crippen LogP contribution in [-0.2, 0) is 14.3 Å². The number of pyridine rings is 1. The summed E-state index contributed by atoms with van der Waals surface area (Å²) < 4.78 is 10.6. The zero-order valence-corrected chi connectivity index (χ0v) is 16.8. The third-order valence-corrected chi connectivity index (χ3v) is 4.93. The Balaban J connectivity index is 1.35. The molecule has 1 aliphatic rings. The Hall–Kier alpha value is -3.45. The monoisotopic (exact) mass is 405 g/mol. The highest BCUT2D eigenvalue weighted by Gasteiger charge is 2.15. The molecule has 1 aromatic heterocycles. The van der Waals surface area contributed by atoms with Crippen LogP contribution in [0.5, 0.6) is 0 Å². The normalized spacial score (nSPS) is 13.8. The second-order valence-corrected chi connectivity index (χ2v) is 7.10. The topological polar surface area (TPSA) is 80.8 Å². The van der Waals surface area contributed by atoms with Crippen molar-refractivity contribution >= 4 is 34.2 Å². The fourth-order valence-electron chi connectivity index (χ4n) is 3.46. The molecule has 2 heterocycles. The summed E-state index contributed by atoms with van der Waals surface area (Å²) in [6, 6.07) is 16.6.